The highest BCUT2D eigenvalue weighted by molar-refractivity contribution is 7.98. The van der Waals surface area contributed by atoms with Crippen molar-refractivity contribution in [1.29, 1.82) is 0 Å². The SMILES string of the molecule is Nc1ccc(SCc2ccccc2F)cc1F. The van der Waals surface area contributed by atoms with E-state index < -0.39 is 5.82 Å². The number of nitrogen functional groups attached to an aromatic ring is 1. The first-order chi connectivity index (χ1) is 8.16. The summed E-state index contributed by atoms with van der Waals surface area (Å²) in [5, 5.41) is 0. The number of rotatable bonds is 3. The van der Waals surface area contributed by atoms with Crippen LogP contribution in [0.25, 0.3) is 0 Å². The van der Waals surface area contributed by atoms with Crippen LogP contribution in [-0.4, -0.2) is 0 Å². The third-order valence-electron chi connectivity index (χ3n) is 2.32. The normalized spacial score (nSPS) is 10.5. The van der Waals surface area contributed by atoms with Crippen molar-refractivity contribution < 1.29 is 8.78 Å². The first kappa shape index (κ1) is 11.9. The summed E-state index contributed by atoms with van der Waals surface area (Å²) >= 11 is 1.37. The lowest BCUT2D eigenvalue weighted by atomic mass is 10.2. The number of anilines is 1. The van der Waals surface area contributed by atoms with Crippen molar-refractivity contribution in [2.24, 2.45) is 0 Å². The molecule has 1 nitrogen and oxygen atoms in total. The van der Waals surface area contributed by atoms with E-state index in [4.69, 9.17) is 5.73 Å². The molecular weight excluding hydrogens is 240 g/mol. The summed E-state index contributed by atoms with van der Waals surface area (Å²) in [4.78, 5) is 0.736. The standard InChI is InChI=1S/C13H11F2NS/c14-11-4-2-1-3-9(11)8-17-10-5-6-13(16)12(15)7-10/h1-7H,8,16H2. The molecule has 0 aromatic heterocycles. The molecule has 0 aliphatic rings. The van der Waals surface area contributed by atoms with Crippen molar-refractivity contribution in [2.45, 2.75) is 10.6 Å². The van der Waals surface area contributed by atoms with Crippen LogP contribution in [0.15, 0.2) is 47.4 Å². The Labute approximate surface area is 103 Å². The fourth-order valence-electron chi connectivity index (χ4n) is 1.37. The monoisotopic (exact) mass is 251 g/mol. The van der Waals surface area contributed by atoms with Gasteiger partial charge in [-0.05, 0) is 29.8 Å². The Balaban J connectivity index is 2.08. The second-order valence-electron chi connectivity index (χ2n) is 3.56. The number of halogens is 2. The smallest absolute Gasteiger partial charge is 0.147 e. The minimum atomic E-state index is -0.441. The van der Waals surface area contributed by atoms with E-state index in [1.165, 1.54) is 30.0 Å². The molecule has 0 saturated carbocycles. The van der Waals surface area contributed by atoms with Gasteiger partial charge in [0.15, 0.2) is 0 Å². The molecule has 0 atom stereocenters. The Morgan fingerprint density at radius 3 is 2.47 bits per heavy atom. The van der Waals surface area contributed by atoms with E-state index in [1.54, 1.807) is 24.3 Å². The number of benzene rings is 2. The van der Waals surface area contributed by atoms with Crippen LogP contribution in [-0.2, 0) is 5.75 Å². The van der Waals surface area contributed by atoms with Crippen LogP contribution in [0.4, 0.5) is 14.5 Å². The van der Waals surface area contributed by atoms with Crippen molar-refractivity contribution >= 4 is 17.4 Å². The molecule has 2 aromatic carbocycles. The second kappa shape index (κ2) is 5.19. The highest BCUT2D eigenvalue weighted by Gasteiger charge is 2.04. The topological polar surface area (TPSA) is 26.0 Å². The molecule has 0 bridgehead atoms. The summed E-state index contributed by atoms with van der Waals surface area (Å²) < 4.78 is 26.5. The van der Waals surface area contributed by atoms with Crippen molar-refractivity contribution in [3.05, 3.63) is 59.7 Å². The minimum absolute atomic E-state index is 0.125. The van der Waals surface area contributed by atoms with Gasteiger partial charge in [-0.1, -0.05) is 18.2 Å². The van der Waals surface area contributed by atoms with E-state index in [1.807, 2.05) is 0 Å². The Kier molecular flexibility index (Phi) is 3.64. The lowest BCUT2D eigenvalue weighted by Crippen LogP contribution is -1.90. The Morgan fingerprint density at radius 2 is 1.76 bits per heavy atom. The Bertz CT molecular complexity index is 529. The summed E-state index contributed by atoms with van der Waals surface area (Å²) in [6, 6.07) is 11.2. The van der Waals surface area contributed by atoms with E-state index in [0.717, 1.165) is 4.90 Å². The third kappa shape index (κ3) is 2.97. The summed E-state index contributed by atoms with van der Waals surface area (Å²) in [6.45, 7) is 0. The molecule has 0 aliphatic heterocycles. The fourth-order valence-corrected chi connectivity index (χ4v) is 2.28. The quantitative estimate of drug-likeness (QED) is 0.662. The van der Waals surface area contributed by atoms with Crippen molar-refractivity contribution in [2.75, 3.05) is 5.73 Å². The molecule has 0 aliphatic carbocycles. The molecule has 88 valence electrons. The number of nitrogens with two attached hydrogens (primary N) is 1. The number of hydrogen-bond acceptors (Lipinski definition) is 2. The zero-order valence-electron chi connectivity index (χ0n) is 8.99. The highest BCUT2D eigenvalue weighted by Crippen LogP contribution is 2.26. The summed E-state index contributed by atoms with van der Waals surface area (Å²) in [6.07, 6.45) is 0. The van der Waals surface area contributed by atoms with E-state index >= 15 is 0 Å². The summed E-state index contributed by atoms with van der Waals surface area (Å²) in [5.41, 5.74) is 6.11. The molecule has 0 radical (unpaired) electrons. The predicted octanol–water partition coefficient (Wildman–Crippen LogP) is 3.84. The second-order valence-corrected chi connectivity index (χ2v) is 4.61. The molecule has 0 fully saturated rings. The molecule has 0 saturated heterocycles. The van der Waals surface area contributed by atoms with Gasteiger partial charge in [0.25, 0.3) is 0 Å². The molecule has 17 heavy (non-hydrogen) atoms. The molecule has 2 rings (SSSR count). The van der Waals surface area contributed by atoms with Gasteiger partial charge in [0.1, 0.15) is 11.6 Å². The van der Waals surface area contributed by atoms with Gasteiger partial charge >= 0.3 is 0 Å². The van der Waals surface area contributed by atoms with E-state index in [-0.39, 0.29) is 11.5 Å². The van der Waals surface area contributed by atoms with Gasteiger partial charge < -0.3 is 5.73 Å². The van der Waals surface area contributed by atoms with E-state index in [0.29, 0.717) is 11.3 Å². The zero-order valence-corrected chi connectivity index (χ0v) is 9.81. The first-order valence-corrected chi connectivity index (χ1v) is 6.06. The average Bonchev–Trinajstić information content (AvgIpc) is 2.32. The number of thioether (sulfide) groups is 1. The maximum absolute atomic E-state index is 13.3. The van der Waals surface area contributed by atoms with Crippen LogP contribution in [0.1, 0.15) is 5.56 Å². The van der Waals surface area contributed by atoms with Crippen LogP contribution in [0.3, 0.4) is 0 Å². The van der Waals surface area contributed by atoms with Gasteiger partial charge in [-0.3, -0.25) is 0 Å². The van der Waals surface area contributed by atoms with Gasteiger partial charge in [-0.2, -0.15) is 0 Å². The van der Waals surface area contributed by atoms with Crippen molar-refractivity contribution in [3.63, 3.8) is 0 Å². The van der Waals surface area contributed by atoms with Crippen molar-refractivity contribution in [1.82, 2.24) is 0 Å². The lowest BCUT2D eigenvalue weighted by molar-refractivity contribution is 0.617. The molecule has 0 spiro atoms. The van der Waals surface area contributed by atoms with Gasteiger partial charge in [0.05, 0.1) is 5.69 Å². The number of hydrogen-bond donors (Lipinski definition) is 1. The molecule has 4 heteroatoms. The summed E-state index contributed by atoms with van der Waals surface area (Å²) in [7, 11) is 0. The van der Waals surface area contributed by atoms with E-state index in [2.05, 4.69) is 0 Å². The van der Waals surface area contributed by atoms with Crippen molar-refractivity contribution in [3.8, 4) is 0 Å². The molecule has 0 unspecified atom stereocenters. The predicted molar refractivity (Wildman–Crippen MR) is 66.8 cm³/mol. The Morgan fingerprint density at radius 1 is 1.00 bits per heavy atom. The molecule has 2 N–H and O–H groups in total. The first-order valence-electron chi connectivity index (χ1n) is 5.08. The maximum atomic E-state index is 13.3. The van der Waals surface area contributed by atoms with Gasteiger partial charge in [-0.25, -0.2) is 8.78 Å². The van der Waals surface area contributed by atoms with Crippen LogP contribution < -0.4 is 5.73 Å². The van der Waals surface area contributed by atoms with Crippen LogP contribution in [0.2, 0.25) is 0 Å². The molecule has 0 heterocycles. The van der Waals surface area contributed by atoms with Gasteiger partial charge in [0.2, 0.25) is 0 Å². The van der Waals surface area contributed by atoms with Crippen LogP contribution >= 0.6 is 11.8 Å². The minimum Gasteiger partial charge on any atom is -0.396 e. The average molecular weight is 251 g/mol. The van der Waals surface area contributed by atoms with E-state index in [9.17, 15) is 8.78 Å². The highest BCUT2D eigenvalue weighted by atomic mass is 32.2. The van der Waals surface area contributed by atoms with Gasteiger partial charge in [0, 0.05) is 10.6 Å². The molecule has 0 amide bonds. The lowest BCUT2D eigenvalue weighted by Gasteiger charge is -2.04. The molecular formula is C13H11F2NS. The van der Waals surface area contributed by atoms with Crippen LogP contribution in [0.5, 0.6) is 0 Å². The van der Waals surface area contributed by atoms with Gasteiger partial charge in [-0.15, -0.1) is 11.8 Å². The third-order valence-corrected chi connectivity index (χ3v) is 3.37. The summed E-state index contributed by atoms with van der Waals surface area (Å²) in [5.74, 6) is -0.213. The zero-order chi connectivity index (χ0) is 12.3. The fraction of sp³-hybridized carbons (Fsp3) is 0.0769. The maximum Gasteiger partial charge on any atom is 0.147 e. The Hall–Kier alpha value is -1.55. The molecule has 2 aromatic rings. The van der Waals surface area contributed by atoms with Crippen LogP contribution in [0, 0.1) is 11.6 Å². The largest absolute Gasteiger partial charge is 0.396 e.